The first kappa shape index (κ1) is 9.05. The highest BCUT2D eigenvalue weighted by Gasteiger charge is 2.17. The van der Waals surface area contributed by atoms with E-state index in [2.05, 4.69) is 44.7 Å². The molecule has 0 saturated heterocycles. The van der Waals surface area contributed by atoms with Crippen molar-refractivity contribution in [3.8, 4) is 0 Å². The summed E-state index contributed by atoms with van der Waals surface area (Å²) in [7, 11) is 0. The molecule has 0 heterocycles. The van der Waals surface area contributed by atoms with Crippen molar-refractivity contribution in [2.24, 2.45) is 0 Å². The van der Waals surface area contributed by atoms with Crippen LogP contribution >= 0.6 is 0 Å². The monoisotopic (exact) mass is 160 g/mol. The lowest BCUT2D eigenvalue weighted by atomic mass is 9.82. The summed E-state index contributed by atoms with van der Waals surface area (Å²) in [6, 6.07) is 10.6. The lowest BCUT2D eigenvalue weighted by Gasteiger charge is -2.23. The van der Waals surface area contributed by atoms with Crippen molar-refractivity contribution in [2.75, 3.05) is 0 Å². The third kappa shape index (κ3) is 1.97. The van der Waals surface area contributed by atoms with Crippen LogP contribution in [-0.4, -0.2) is 0 Å². The summed E-state index contributed by atoms with van der Waals surface area (Å²) in [5.74, 6) is 0. The minimum absolute atomic E-state index is 0.225. The number of benzene rings is 1. The summed E-state index contributed by atoms with van der Waals surface area (Å²) >= 11 is 0. The SMILES string of the molecule is C=CCC(C)(C)c1ccccc1. The van der Waals surface area contributed by atoms with Gasteiger partial charge in [0.25, 0.3) is 0 Å². The summed E-state index contributed by atoms with van der Waals surface area (Å²) in [4.78, 5) is 0. The van der Waals surface area contributed by atoms with Gasteiger partial charge in [-0.2, -0.15) is 0 Å². The van der Waals surface area contributed by atoms with Gasteiger partial charge in [-0.05, 0) is 17.4 Å². The van der Waals surface area contributed by atoms with E-state index in [0.29, 0.717) is 0 Å². The zero-order valence-electron chi connectivity index (χ0n) is 7.88. The maximum Gasteiger partial charge on any atom is -0.00692 e. The Kier molecular flexibility index (Phi) is 2.69. The van der Waals surface area contributed by atoms with E-state index in [1.807, 2.05) is 12.1 Å². The van der Waals surface area contributed by atoms with E-state index in [1.165, 1.54) is 5.56 Å². The van der Waals surface area contributed by atoms with Gasteiger partial charge in [0.2, 0.25) is 0 Å². The van der Waals surface area contributed by atoms with Gasteiger partial charge in [0.05, 0.1) is 0 Å². The molecule has 0 atom stereocenters. The minimum Gasteiger partial charge on any atom is -0.103 e. The average Bonchev–Trinajstić information content (AvgIpc) is 2.06. The van der Waals surface area contributed by atoms with E-state index >= 15 is 0 Å². The number of rotatable bonds is 3. The third-order valence-electron chi connectivity index (χ3n) is 2.21. The summed E-state index contributed by atoms with van der Waals surface area (Å²) in [5, 5.41) is 0. The van der Waals surface area contributed by atoms with Crippen LogP contribution in [0.4, 0.5) is 0 Å². The Labute approximate surface area is 74.9 Å². The number of hydrogen-bond acceptors (Lipinski definition) is 0. The Balaban J connectivity index is 2.89. The first-order valence-electron chi connectivity index (χ1n) is 4.33. The van der Waals surface area contributed by atoms with Gasteiger partial charge in [0, 0.05) is 0 Å². The molecule has 0 aliphatic heterocycles. The van der Waals surface area contributed by atoms with Crippen LogP contribution in [0.5, 0.6) is 0 Å². The van der Waals surface area contributed by atoms with Crippen LogP contribution in [0.1, 0.15) is 25.8 Å². The molecule has 0 amide bonds. The predicted octanol–water partition coefficient (Wildman–Crippen LogP) is 3.54. The maximum absolute atomic E-state index is 3.77. The standard InChI is InChI=1S/C12H16/c1-4-10-12(2,3)11-8-6-5-7-9-11/h4-9H,1,10H2,2-3H3. The van der Waals surface area contributed by atoms with Crippen molar-refractivity contribution in [1.29, 1.82) is 0 Å². The smallest absolute Gasteiger partial charge is 0.00692 e. The lowest BCUT2D eigenvalue weighted by molar-refractivity contribution is 0.534. The molecule has 0 saturated carbocycles. The van der Waals surface area contributed by atoms with Crippen LogP contribution in [-0.2, 0) is 5.41 Å². The lowest BCUT2D eigenvalue weighted by Crippen LogP contribution is -2.15. The van der Waals surface area contributed by atoms with E-state index in [1.54, 1.807) is 0 Å². The molecule has 0 N–H and O–H groups in total. The van der Waals surface area contributed by atoms with Crippen LogP contribution in [0, 0.1) is 0 Å². The van der Waals surface area contributed by atoms with Gasteiger partial charge in [-0.15, -0.1) is 6.58 Å². The Morgan fingerprint density at radius 2 is 1.83 bits per heavy atom. The van der Waals surface area contributed by atoms with Crippen molar-refractivity contribution < 1.29 is 0 Å². The number of hydrogen-bond donors (Lipinski definition) is 0. The fourth-order valence-corrected chi connectivity index (χ4v) is 1.37. The molecule has 0 aliphatic rings. The fraction of sp³-hybridized carbons (Fsp3) is 0.333. The molecule has 1 aromatic carbocycles. The molecule has 0 radical (unpaired) electrons. The summed E-state index contributed by atoms with van der Waals surface area (Å²) in [6.07, 6.45) is 3.00. The quantitative estimate of drug-likeness (QED) is 0.593. The minimum atomic E-state index is 0.225. The third-order valence-corrected chi connectivity index (χ3v) is 2.21. The highest BCUT2D eigenvalue weighted by molar-refractivity contribution is 5.24. The second-order valence-electron chi connectivity index (χ2n) is 3.74. The summed E-state index contributed by atoms with van der Waals surface area (Å²) in [5.41, 5.74) is 1.60. The Hall–Kier alpha value is -1.04. The first-order chi connectivity index (χ1) is 5.67. The van der Waals surface area contributed by atoms with E-state index in [-0.39, 0.29) is 5.41 Å². The van der Waals surface area contributed by atoms with Crippen LogP contribution < -0.4 is 0 Å². The van der Waals surface area contributed by atoms with Crippen molar-refractivity contribution in [2.45, 2.75) is 25.7 Å². The van der Waals surface area contributed by atoms with E-state index in [4.69, 9.17) is 0 Å². The molecule has 0 heteroatoms. The average molecular weight is 160 g/mol. The zero-order valence-corrected chi connectivity index (χ0v) is 7.88. The molecule has 0 nitrogen and oxygen atoms in total. The topological polar surface area (TPSA) is 0 Å². The predicted molar refractivity (Wildman–Crippen MR) is 54.3 cm³/mol. The van der Waals surface area contributed by atoms with Gasteiger partial charge in [-0.3, -0.25) is 0 Å². The number of allylic oxidation sites excluding steroid dienone is 1. The molecular formula is C12H16. The second kappa shape index (κ2) is 3.57. The molecule has 0 aliphatic carbocycles. The normalized spacial score (nSPS) is 11.2. The van der Waals surface area contributed by atoms with Crippen molar-refractivity contribution in [1.82, 2.24) is 0 Å². The molecule has 1 aromatic rings. The van der Waals surface area contributed by atoms with Crippen LogP contribution in [0.3, 0.4) is 0 Å². The van der Waals surface area contributed by atoms with E-state index in [9.17, 15) is 0 Å². The van der Waals surface area contributed by atoms with Gasteiger partial charge in [0.15, 0.2) is 0 Å². The Morgan fingerprint density at radius 3 is 2.33 bits per heavy atom. The highest BCUT2D eigenvalue weighted by atomic mass is 14.2. The molecule has 0 bridgehead atoms. The van der Waals surface area contributed by atoms with E-state index < -0.39 is 0 Å². The molecule has 0 aromatic heterocycles. The Morgan fingerprint density at radius 1 is 1.25 bits per heavy atom. The van der Waals surface area contributed by atoms with Crippen molar-refractivity contribution in [3.63, 3.8) is 0 Å². The van der Waals surface area contributed by atoms with Gasteiger partial charge >= 0.3 is 0 Å². The highest BCUT2D eigenvalue weighted by Crippen LogP contribution is 2.26. The van der Waals surface area contributed by atoms with Gasteiger partial charge < -0.3 is 0 Å². The second-order valence-corrected chi connectivity index (χ2v) is 3.74. The molecule has 12 heavy (non-hydrogen) atoms. The Bertz CT molecular complexity index is 244. The summed E-state index contributed by atoms with van der Waals surface area (Å²) < 4.78 is 0. The van der Waals surface area contributed by atoms with Gasteiger partial charge in [-0.25, -0.2) is 0 Å². The van der Waals surface area contributed by atoms with Crippen molar-refractivity contribution in [3.05, 3.63) is 48.6 Å². The van der Waals surface area contributed by atoms with Gasteiger partial charge in [-0.1, -0.05) is 50.3 Å². The van der Waals surface area contributed by atoms with Crippen LogP contribution in [0.25, 0.3) is 0 Å². The summed E-state index contributed by atoms with van der Waals surface area (Å²) in [6.45, 7) is 8.25. The van der Waals surface area contributed by atoms with Crippen LogP contribution in [0.2, 0.25) is 0 Å². The molecule has 0 unspecified atom stereocenters. The van der Waals surface area contributed by atoms with E-state index in [0.717, 1.165) is 6.42 Å². The zero-order chi connectivity index (χ0) is 9.03. The largest absolute Gasteiger partial charge is 0.103 e. The molecule has 0 fully saturated rings. The van der Waals surface area contributed by atoms with Crippen LogP contribution in [0.15, 0.2) is 43.0 Å². The molecule has 64 valence electrons. The first-order valence-corrected chi connectivity index (χ1v) is 4.33. The molecule has 1 rings (SSSR count). The van der Waals surface area contributed by atoms with Gasteiger partial charge in [0.1, 0.15) is 0 Å². The molecular weight excluding hydrogens is 144 g/mol. The molecule has 0 spiro atoms. The fourth-order valence-electron chi connectivity index (χ4n) is 1.37. The van der Waals surface area contributed by atoms with Crippen molar-refractivity contribution >= 4 is 0 Å². The maximum atomic E-state index is 3.77.